The summed E-state index contributed by atoms with van der Waals surface area (Å²) < 4.78 is 27.3. The molecule has 2 rings (SSSR count). The highest BCUT2D eigenvalue weighted by atomic mass is 32.2. The summed E-state index contributed by atoms with van der Waals surface area (Å²) in [6.45, 7) is 0. The molecule has 1 saturated carbocycles. The lowest BCUT2D eigenvalue weighted by molar-refractivity contribution is -0.142. The van der Waals surface area contributed by atoms with E-state index in [1.165, 1.54) is 13.4 Å². The van der Waals surface area contributed by atoms with Gasteiger partial charge in [-0.25, -0.2) is 8.42 Å². The average molecular weight is 282 g/mol. The van der Waals surface area contributed by atoms with E-state index in [-0.39, 0.29) is 11.9 Å². The maximum absolute atomic E-state index is 11.3. The summed E-state index contributed by atoms with van der Waals surface area (Å²) in [5, 5.41) is 0. The molecule has 0 heterocycles. The van der Waals surface area contributed by atoms with Gasteiger partial charge in [0.15, 0.2) is 9.84 Å². The second-order valence-electron chi connectivity index (χ2n) is 5.08. The number of benzene rings is 1. The van der Waals surface area contributed by atoms with Crippen LogP contribution in [0.15, 0.2) is 29.2 Å². The molecule has 0 amide bonds. The van der Waals surface area contributed by atoms with Gasteiger partial charge in [-0.1, -0.05) is 12.1 Å². The van der Waals surface area contributed by atoms with Gasteiger partial charge in [0.25, 0.3) is 0 Å². The van der Waals surface area contributed by atoms with Gasteiger partial charge in [-0.15, -0.1) is 0 Å². The number of methoxy groups -OCH3 is 1. The first kappa shape index (κ1) is 14.1. The van der Waals surface area contributed by atoms with Gasteiger partial charge >= 0.3 is 5.97 Å². The van der Waals surface area contributed by atoms with Crippen LogP contribution in [0.3, 0.4) is 0 Å². The number of carbonyl (C=O) groups excluding carboxylic acids is 1. The molecular formula is C14H18O4S. The van der Waals surface area contributed by atoms with Crippen LogP contribution in [0, 0.1) is 11.8 Å². The molecule has 2 atom stereocenters. The van der Waals surface area contributed by atoms with Crippen molar-refractivity contribution in [2.24, 2.45) is 11.8 Å². The smallest absolute Gasteiger partial charge is 0.308 e. The van der Waals surface area contributed by atoms with Crippen LogP contribution in [0.25, 0.3) is 0 Å². The third-order valence-corrected chi connectivity index (χ3v) is 4.71. The topological polar surface area (TPSA) is 60.4 Å². The monoisotopic (exact) mass is 282 g/mol. The first-order chi connectivity index (χ1) is 8.91. The molecule has 0 spiro atoms. The summed E-state index contributed by atoms with van der Waals surface area (Å²) >= 11 is 0. The van der Waals surface area contributed by atoms with Crippen molar-refractivity contribution in [2.45, 2.75) is 24.2 Å². The van der Waals surface area contributed by atoms with E-state index >= 15 is 0 Å². The molecule has 0 saturated heterocycles. The lowest BCUT2D eigenvalue weighted by Gasteiger charge is -2.03. The Balaban J connectivity index is 1.87. The van der Waals surface area contributed by atoms with Gasteiger partial charge in [-0.2, -0.15) is 0 Å². The number of aryl methyl sites for hydroxylation is 1. The number of sulfone groups is 1. The highest BCUT2D eigenvalue weighted by Crippen LogP contribution is 2.42. The van der Waals surface area contributed by atoms with Gasteiger partial charge in [-0.05, 0) is 42.9 Å². The molecule has 0 radical (unpaired) electrons. The van der Waals surface area contributed by atoms with Crippen molar-refractivity contribution in [3.05, 3.63) is 29.8 Å². The van der Waals surface area contributed by atoms with Crippen LogP contribution in [0.1, 0.15) is 18.4 Å². The van der Waals surface area contributed by atoms with Crippen LogP contribution < -0.4 is 0 Å². The Labute approximate surface area is 113 Å². The number of rotatable bonds is 5. The van der Waals surface area contributed by atoms with Crippen molar-refractivity contribution in [2.75, 3.05) is 13.4 Å². The van der Waals surface area contributed by atoms with E-state index in [4.69, 9.17) is 4.74 Å². The van der Waals surface area contributed by atoms with Crippen LogP contribution >= 0.6 is 0 Å². The third kappa shape index (κ3) is 3.56. The van der Waals surface area contributed by atoms with Crippen LogP contribution in [-0.2, 0) is 25.8 Å². The third-order valence-electron chi connectivity index (χ3n) is 3.58. The number of hydrogen-bond donors (Lipinski definition) is 0. The van der Waals surface area contributed by atoms with Gasteiger partial charge in [0.05, 0.1) is 17.9 Å². The zero-order valence-corrected chi connectivity index (χ0v) is 11.9. The summed E-state index contributed by atoms with van der Waals surface area (Å²) in [4.78, 5) is 11.6. The fraction of sp³-hybridized carbons (Fsp3) is 0.500. The first-order valence-electron chi connectivity index (χ1n) is 6.28. The fourth-order valence-electron chi connectivity index (χ4n) is 2.26. The summed E-state index contributed by atoms with van der Waals surface area (Å²) in [6, 6.07) is 6.95. The number of ether oxygens (including phenoxy) is 1. The highest BCUT2D eigenvalue weighted by Gasteiger charge is 2.43. The molecular weight excluding hydrogens is 264 g/mol. The lowest BCUT2D eigenvalue weighted by atomic mass is 10.1. The second-order valence-corrected chi connectivity index (χ2v) is 7.10. The van der Waals surface area contributed by atoms with Gasteiger partial charge in [-0.3, -0.25) is 4.79 Å². The summed E-state index contributed by atoms with van der Waals surface area (Å²) in [7, 11) is -1.70. The Kier molecular flexibility index (Phi) is 3.94. The van der Waals surface area contributed by atoms with E-state index in [2.05, 4.69) is 0 Å². The van der Waals surface area contributed by atoms with E-state index in [1.807, 2.05) is 12.1 Å². The van der Waals surface area contributed by atoms with Crippen molar-refractivity contribution < 1.29 is 17.9 Å². The van der Waals surface area contributed by atoms with E-state index in [9.17, 15) is 13.2 Å². The van der Waals surface area contributed by atoms with Crippen molar-refractivity contribution in [3.63, 3.8) is 0 Å². The minimum absolute atomic E-state index is 0.0697. The number of esters is 1. The van der Waals surface area contributed by atoms with Crippen LogP contribution in [-0.4, -0.2) is 27.8 Å². The van der Waals surface area contributed by atoms with E-state index in [0.717, 1.165) is 24.8 Å². The predicted octanol–water partition coefficient (Wildman–Crippen LogP) is 1.83. The molecule has 19 heavy (non-hydrogen) atoms. The van der Waals surface area contributed by atoms with Crippen molar-refractivity contribution in [1.82, 2.24) is 0 Å². The molecule has 5 heteroatoms. The molecule has 4 nitrogen and oxygen atoms in total. The standard InChI is InChI=1S/C14H18O4S/c1-18-14(15)13-9-11(13)6-3-10-4-7-12(8-5-10)19(2,16)17/h4-5,7-8,11,13H,3,6,9H2,1-2H3. The molecule has 1 aromatic carbocycles. The van der Waals surface area contributed by atoms with Crippen LogP contribution in [0.4, 0.5) is 0 Å². The summed E-state index contributed by atoms with van der Waals surface area (Å²) in [6.07, 6.45) is 3.92. The fourth-order valence-corrected chi connectivity index (χ4v) is 2.89. The number of hydrogen-bond acceptors (Lipinski definition) is 4. The maximum Gasteiger partial charge on any atom is 0.308 e. The zero-order chi connectivity index (χ0) is 14.0. The van der Waals surface area contributed by atoms with Gasteiger partial charge in [0.1, 0.15) is 0 Å². The Bertz CT molecular complexity index is 560. The minimum atomic E-state index is -3.12. The Hall–Kier alpha value is -1.36. The van der Waals surface area contributed by atoms with Crippen molar-refractivity contribution >= 4 is 15.8 Å². The van der Waals surface area contributed by atoms with Crippen molar-refractivity contribution in [1.29, 1.82) is 0 Å². The van der Waals surface area contributed by atoms with Crippen molar-refractivity contribution in [3.8, 4) is 0 Å². The molecule has 0 aliphatic heterocycles. The van der Waals surface area contributed by atoms with E-state index in [0.29, 0.717) is 10.8 Å². The van der Waals surface area contributed by atoms with E-state index < -0.39 is 9.84 Å². The van der Waals surface area contributed by atoms with E-state index in [1.54, 1.807) is 12.1 Å². The molecule has 1 aliphatic carbocycles. The molecule has 0 aromatic heterocycles. The minimum Gasteiger partial charge on any atom is -0.469 e. The second kappa shape index (κ2) is 5.33. The number of carbonyl (C=O) groups is 1. The lowest BCUT2D eigenvalue weighted by Crippen LogP contribution is -2.04. The quantitative estimate of drug-likeness (QED) is 0.773. The molecule has 1 aliphatic rings. The van der Waals surface area contributed by atoms with Crippen LogP contribution in [0.2, 0.25) is 0 Å². The molecule has 1 fully saturated rings. The summed E-state index contributed by atoms with van der Waals surface area (Å²) in [5.74, 6) is 0.375. The molecule has 0 bridgehead atoms. The Morgan fingerprint density at radius 3 is 2.47 bits per heavy atom. The molecule has 1 aromatic rings. The molecule has 2 unspecified atom stereocenters. The largest absolute Gasteiger partial charge is 0.469 e. The normalized spacial score (nSPS) is 22.0. The Morgan fingerprint density at radius 2 is 1.95 bits per heavy atom. The average Bonchev–Trinajstić information content (AvgIpc) is 3.14. The summed E-state index contributed by atoms with van der Waals surface area (Å²) in [5.41, 5.74) is 1.10. The highest BCUT2D eigenvalue weighted by molar-refractivity contribution is 7.90. The Morgan fingerprint density at radius 1 is 1.32 bits per heavy atom. The maximum atomic E-state index is 11.3. The molecule has 0 N–H and O–H groups in total. The molecule has 104 valence electrons. The first-order valence-corrected chi connectivity index (χ1v) is 8.18. The van der Waals surface area contributed by atoms with Crippen LogP contribution in [0.5, 0.6) is 0 Å². The van der Waals surface area contributed by atoms with Gasteiger partial charge in [0.2, 0.25) is 0 Å². The zero-order valence-electron chi connectivity index (χ0n) is 11.1. The SMILES string of the molecule is COC(=O)C1CC1CCc1ccc(S(C)(=O)=O)cc1. The van der Waals surface area contributed by atoms with Gasteiger partial charge in [0, 0.05) is 6.26 Å². The predicted molar refractivity (Wildman–Crippen MR) is 71.5 cm³/mol. The van der Waals surface area contributed by atoms with Gasteiger partial charge < -0.3 is 4.74 Å².